The van der Waals surface area contributed by atoms with E-state index in [0.717, 1.165) is 23.3 Å². The van der Waals surface area contributed by atoms with Crippen molar-refractivity contribution < 1.29 is 27.9 Å². The number of aromatic nitrogens is 2. The van der Waals surface area contributed by atoms with E-state index in [2.05, 4.69) is 10.3 Å². The fourth-order valence-corrected chi connectivity index (χ4v) is 3.73. The van der Waals surface area contributed by atoms with Gasteiger partial charge in [-0.3, -0.25) is 4.79 Å². The predicted octanol–water partition coefficient (Wildman–Crippen LogP) is 5.13. The van der Waals surface area contributed by atoms with Gasteiger partial charge in [0.25, 0.3) is 5.91 Å². The maximum Gasteiger partial charge on any atom is 0.416 e. The summed E-state index contributed by atoms with van der Waals surface area (Å²) in [7, 11) is 0. The minimum atomic E-state index is -4.40. The number of rotatable bonds is 6. The number of carbonyl (C=O) groups excluding carboxylic acids is 1. The van der Waals surface area contributed by atoms with Crippen LogP contribution in [0, 0.1) is 0 Å². The third-order valence-electron chi connectivity index (χ3n) is 5.54. The van der Waals surface area contributed by atoms with Crippen LogP contribution >= 0.6 is 0 Å². The lowest BCUT2D eigenvalue weighted by atomic mass is 10.0. The van der Waals surface area contributed by atoms with Crippen LogP contribution in [0.25, 0.3) is 5.52 Å². The van der Waals surface area contributed by atoms with Gasteiger partial charge in [-0.2, -0.15) is 13.2 Å². The van der Waals surface area contributed by atoms with E-state index in [9.17, 15) is 22.8 Å². The standard InChI is InChI=1S/C25H20F3N3O3/c1-15(17-6-8-18(9-7-17)24(33)34)30-23(32)21-22-19(3-2-12-31(22)14-29-21)13-16-4-10-20(11-5-16)25(26,27)28/h2-12,14-15H,13H2,1H3,(H,30,32)(H,33,34)/t15-/m0/s1. The summed E-state index contributed by atoms with van der Waals surface area (Å²) >= 11 is 0. The van der Waals surface area contributed by atoms with Crippen LogP contribution in [-0.2, 0) is 12.6 Å². The molecule has 0 fully saturated rings. The molecule has 1 atom stereocenters. The van der Waals surface area contributed by atoms with Gasteiger partial charge in [0.1, 0.15) is 6.33 Å². The van der Waals surface area contributed by atoms with Crippen LogP contribution in [0.4, 0.5) is 13.2 Å². The fraction of sp³-hybridized carbons (Fsp3) is 0.160. The Balaban J connectivity index is 1.57. The molecule has 34 heavy (non-hydrogen) atoms. The summed E-state index contributed by atoms with van der Waals surface area (Å²) in [6.07, 6.45) is -0.837. The van der Waals surface area contributed by atoms with Crippen molar-refractivity contribution in [2.75, 3.05) is 0 Å². The molecular formula is C25H20F3N3O3. The summed E-state index contributed by atoms with van der Waals surface area (Å²) in [5.41, 5.74) is 2.32. The van der Waals surface area contributed by atoms with Crippen molar-refractivity contribution in [1.29, 1.82) is 0 Å². The van der Waals surface area contributed by atoms with Gasteiger partial charge in [-0.1, -0.05) is 30.3 Å². The fourth-order valence-electron chi connectivity index (χ4n) is 3.73. The van der Waals surface area contributed by atoms with Crippen molar-refractivity contribution in [1.82, 2.24) is 14.7 Å². The van der Waals surface area contributed by atoms with Crippen molar-refractivity contribution in [3.8, 4) is 0 Å². The molecule has 0 aliphatic rings. The van der Waals surface area contributed by atoms with Crippen LogP contribution in [0.5, 0.6) is 0 Å². The van der Waals surface area contributed by atoms with Crippen molar-refractivity contribution in [3.05, 3.63) is 107 Å². The zero-order valence-electron chi connectivity index (χ0n) is 18.0. The normalized spacial score (nSPS) is 12.5. The first-order chi connectivity index (χ1) is 16.1. The zero-order valence-corrected chi connectivity index (χ0v) is 18.0. The molecule has 2 aromatic heterocycles. The molecule has 0 spiro atoms. The average Bonchev–Trinajstić information content (AvgIpc) is 3.24. The van der Waals surface area contributed by atoms with E-state index in [0.29, 0.717) is 17.5 Å². The second kappa shape index (κ2) is 9.01. The van der Waals surface area contributed by atoms with E-state index >= 15 is 0 Å². The Bertz CT molecular complexity index is 1340. The van der Waals surface area contributed by atoms with Gasteiger partial charge in [-0.25, -0.2) is 9.78 Å². The first-order valence-electron chi connectivity index (χ1n) is 10.4. The lowest BCUT2D eigenvalue weighted by Crippen LogP contribution is -2.27. The van der Waals surface area contributed by atoms with Gasteiger partial charge in [0, 0.05) is 6.20 Å². The summed E-state index contributed by atoms with van der Waals surface area (Å²) in [6.45, 7) is 1.77. The molecule has 2 aromatic carbocycles. The minimum absolute atomic E-state index is 0.148. The quantitative estimate of drug-likeness (QED) is 0.412. The molecule has 0 aliphatic carbocycles. The van der Waals surface area contributed by atoms with Crippen LogP contribution < -0.4 is 5.32 Å². The smallest absolute Gasteiger partial charge is 0.416 e. The van der Waals surface area contributed by atoms with Gasteiger partial charge in [0.05, 0.1) is 22.7 Å². The first-order valence-corrected chi connectivity index (χ1v) is 10.4. The molecule has 4 aromatic rings. The van der Waals surface area contributed by atoms with Crippen LogP contribution in [0.2, 0.25) is 0 Å². The monoisotopic (exact) mass is 467 g/mol. The molecule has 0 saturated carbocycles. The largest absolute Gasteiger partial charge is 0.478 e. The summed E-state index contributed by atoms with van der Waals surface area (Å²) in [5.74, 6) is -1.45. The Labute approximate surface area is 192 Å². The molecule has 4 rings (SSSR count). The second-order valence-electron chi connectivity index (χ2n) is 7.88. The number of carbonyl (C=O) groups is 2. The number of aromatic carboxylic acids is 1. The van der Waals surface area contributed by atoms with Crippen molar-refractivity contribution in [2.45, 2.75) is 25.6 Å². The highest BCUT2D eigenvalue weighted by molar-refractivity contribution is 6.00. The van der Waals surface area contributed by atoms with Gasteiger partial charge in [-0.05, 0) is 60.4 Å². The lowest BCUT2D eigenvalue weighted by Gasteiger charge is -2.14. The summed E-state index contributed by atoms with van der Waals surface area (Å²) < 4.78 is 40.3. The molecule has 174 valence electrons. The van der Waals surface area contributed by atoms with E-state index in [1.807, 2.05) is 0 Å². The molecule has 0 bridgehead atoms. The number of carboxylic acids is 1. The van der Waals surface area contributed by atoms with Crippen LogP contribution in [-0.4, -0.2) is 26.4 Å². The number of nitrogens with one attached hydrogen (secondary N) is 1. The molecule has 6 nitrogen and oxygen atoms in total. The molecular weight excluding hydrogens is 447 g/mol. The Morgan fingerprint density at radius 1 is 1.06 bits per heavy atom. The van der Waals surface area contributed by atoms with E-state index < -0.39 is 29.7 Å². The average molecular weight is 467 g/mol. The first kappa shape index (κ1) is 23.0. The minimum Gasteiger partial charge on any atom is -0.478 e. The van der Waals surface area contributed by atoms with Gasteiger partial charge in [0.15, 0.2) is 5.69 Å². The lowest BCUT2D eigenvalue weighted by molar-refractivity contribution is -0.137. The molecule has 2 N–H and O–H groups in total. The maximum absolute atomic E-state index is 13.0. The number of fused-ring (bicyclic) bond motifs is 1. The summed E-state index contributed by atoms with van der Waals surface area (Å²) in [4.78, 5) is 28.3. The van der Waals surface area contributed by atoms with Crippen LogP contribution in [0.15, 0.2) is 73.2 Å². The molecule has 9 heteroatoms. The third-order valence-corrected chi connectivity index (χ3v) is 5.54. The molecule has 0 saturated heterocycles. The van der Waals surface area contributed by atoms with Crippen molar-refractivity contribution in [2.24, 2.45) is 0 Å². The number of carboxylic acid groups (broad SMARTS) is 1. The number of amides is 1. The number of halogens is 3. The summed E-state index contributed by atoms with van der Waals surface area (Å²) in [5, 5.41) is 11.9. The van der Waals surface area contributed by atoms with E-state index in [1.165, 1.54) is 30.6 Å². The summed E-state index contributed by atoms with van der Waals surface area (Å²) in [6, 6.07) is 14.3. The van der Waals surface area contributed by atoms with E-state index in [1.54, 1.807) is 41.8 Å². The number of nitrogens with zero attached hydrogens (tertiary/aromatic N) is 2. The molecule has 0 unspecified atom stereocenters. The number of hydrogen-bond acceptors (Lipinski definition) is 3. The Hall–Kier alpha value is -4.14. The SMILES string of the molecule is C[C@H](NC(=O)c1ncn2cccc(Cc3ccc(C(F)(F)F)cc3)c12)c1ccc(C(=O)O)cc1. The topological polar surface area (TPSA) is 83.7 Å². The highest BCUT2D eigenvalue weighted by Crippen LogP contribution is 2.29. The molecule has 0 aliphatic heterocycles. The highest BCUT2D eigenvalue weighted by atomic mass is 19.4. The van der Waals surface area contributed by atoms with Crippen molar-refractivity contribution in [3.63, 3.8) is 0 Å². The molecule has 1 amide bonds. The number of pyridine rings is 1. The Morgan fingerprint density at radius 3 is 2.35 bits per heavy atom. The van der Waals surface area contributed by atoms with E-state index in [-0.39, 0.29) is 11.3 Å². The maximum atomic E-state index is 13.0. The highest BCUT2D eigenvalue weighted by Gasteiger charge is 2.30. The number of benzene rings is 2. The van der Waals surface area contributed by atoms with Gasteiger partial charge in [0.2, 0.25) is 0 Å². The van der Waals surface area contributed by atoms with Gasteiger partial charge < -0.3 is 14.8 Å². The number of imidazole rings is 1. The van der Waals surface area contributed by atoms with Crippen molar-refractivity contribution >= 4 is 17.4 Å². The Morgan fingerprint density at radius 2 is 1.74 bits per heavy atom. The zero-order chi connectivity index (χ0) is 24.5. The van der Waals surface area contributed by atoms with Crippen LogP contribution in [0.3, 0.4) is 0 Å². The second-order valence-corrected chi connectivity index (χ2v) is 7.88. The van der Waals surface area contributed by atoms with E-state index in [4.69, 9.17) is 5.11 Å². The Kier molecular flexibility index (Phi) is 6.10. The number of alkyl halides is 3. The molecule has 0 radical (unpaired) electrons. The van der Waals surface area contributed by atoms with Gasteiger partial charge in [-0.15, -0.1) is 0 Å². The van der Waals surface area contributed by atoms with Crippen LogP contribution in [0.1, 0.15) is 56.1 Å². The van der Waals surface area contributed by atoms with Gasteiger partial charge >= 0.3 is 12.1 Å². The predicted molar refractivity (Wildman–Crippen MR) is 119 cm³/mol. The number of hydrogen-bond donors (Lipinski definition) is 2. The molecule has 2 heterocycles. The third kappa shape index (κ3) is 4.78.